The van der Waals surface area contributed by atoms with Crippen molar-refractivity contribution in [3.05, 3.63) is 58.7 Å². The zero-order chi connectivity index (χ0) is 23.4. The Kier molecular flexibility index (Phi) is 6.75. The summed E-state index contributed by atoms with van der Waals surface area (Å²) in [5.41, 5.74) is -4.36. The molecule has 0 saturated heterocycles. The van der Waals surface area contributed by atoms with Gasteiger partial charge in [-0.25, -0.2) is 0 Å². The minimum absolute atomic E-state index is 0.0986. The van der Waals surface area contributed by atoms with Crippen LogP contribution in [-0.4, -0.2) is 12.2 Å². The SMILES string of the molecule is CC(C)(CCOc1ccc(C#N)c(C(F)(F)F)c1)Oc1ccc(C#N)c(C(F)(F)F)c1. The quantitative estimate of drug-likeness (QED) is 0.508. The molecule has 0 amide bonds. The molecule has 0 aliphatic rings. The lowest BCUT2D eigenvalue weighted by Gasteiger charge is -2.27. The van der Waals surface area contributed by atoms with E-state index in [1.54, 1.807) is 13.8 Å². The molecular formula is C21H16F6N2O2. The Hall–Kier alpha value is -3.40. The highest BCUT2D eigenvalue weighted by Gasteiger charge is 2.35. The Morgan fingerprint density at radius 2 is 1.23 bits per heavy atom. The molecule has 0 N–H and O–H groups in total. The number of hydrogen-bond donors (Lipinski definition) is 0. The van der Waals surface area contributed by atoms with Gasteiger partial charge in [0.25, 0.3) is 0 Å². The maximum Gasteiger partial charge on any atom is 0.417 e. The van der Waals surface area contributed by atoms with E-state index in [-0.39, 0.29) is 24.5 Å². The van der Waals surface area contributed by atoms with Crippen LogP contribution in [0.25, 0.3) is 0 Å². The van der Waals surface area contributed by atoms with E-state index in [2.05, 4.69) is 0 Å². The molecule has 4 nitrogen and oxygen atoms in total. The highest BCUT2D eigenvalue weighted by Crippen LogP contribution is 2.36. The van der Waals surface area contributed by atoms with Gasteiger partial charge in [-0.15, -0.1) is 0 Å². The smallest absolute Gasteiger partial charge is 0.417 e. The fourth-order valence-electron chi connectivity index (χ4n) is 2.65. The number of benzene rings is 2. The number of alkyl halides is 6. The van der Waals surface area contributed by atoms with Crippen LogP contribution in [0.2, 0.25) is 0 Å². The maximum atomic E-state index is 13.1. The van der Waals surface area contributed by atoms with Crippen LogP contribution in [0, 0.1) is 22.7 Å². The topological polar surface area (TPSA) is 66.0 Å². The molecule has 2 aromatic rings. The first-order valence-corrected chi connectivity index (χ1v) is 8.81. The second-order valence-electron chi connectivity index (χ2n) is 7.09. The summed E-state index contributed by atoms with van der Waals surface area (Å²) in [6, 6.07) is 8.81. The summed E-state index contributed by atoms with van der Waals surface area (Å²) < 4.78 is 89.2. The van der Waals surface area contributed by atoms with Crippen molar-refractivity contribution in [2.45, 2.75) is 38.2 Å². The number of nitrogens with zero attached hydrogens (tertiary/aromatic N) is 2. The molecule has 2 aromatic carbocycles. The molecule has 10 heteroatoms. The van der Waals surface area contributed by atoms with Crippen molar-refractivity contribution in [1.29, 1.82) is 10.5 Å². The van der Waals surface area contributed by atoms with Gasteiger partial charge in [0.1, 0.15) is 17.1 Å². The standard InChI is InChI=1S/C21H16F6N2O2/c1-19(2,31-16-6-4-14(12-29)18(10-16)21(25,26)27)7-8-30-15-5-3-13(11-28)17(9-15)20(22,23)24/h3-6,9-10H,7-8H2,1-2H3. The second kappa shape index (κ2) is 8.76. The van der Waals surface area contributed by atoms with Crippen molar-refractivity contribution in [2.75, 3.05) is 6.61 Å². The van der Waals surface area contributed by atoms with Crippen LogP contribution in [0.5, 0.6) is 11.5 Å². The molecule has 0 saturated carbocycles. The Bertz CT molecular complexity index is 1030. The Morgan fingerprint density at radius 1 is 0.774 bits per heavy atom. The van der Waals surface area contributed by atoms with Gasteiger partial charge in [-0.1, -0.05) is 0 Å². The molecule has 0 aliphatic carbocycles. The van der Waals surface area contributed by atoms with E-state index in [4.69, 9.17) is 20.0 Å². The molecular weight excluding hydrogens is 426 g/mol. The first-order chi connectivity index (χ1) is 14.3. The van der Waals surface area contributed by atoms with Crippen molar-refractivity contribution >= 4 is 0 Å². The highest BCUT2D eigenvalue weighted by molar-refractivity contribution is 5.45. The first-order valence-electron chi connectivity index (χ1n) is 8.81. The van der Waals surface area contributed by atoms with Crippen molar-refractivity contribution < 1.29 is 35.8 Å². The van der Waals surface area contributed by atoms with Gasteiger partial charge < -0.3 is 9.47 Å². The third-order valence-corrected chi connectivity index (χ3v) is 4.20. The lowest BCUT2D eigenvalue weighted by Crippen LogP contribution is -2.30. The van der Waals surface area contributed by atoms with Gasteiger partial charge in [-0.3, -0.25) is 0 Å². The average Bonchev–Trinajstić information content (AvgIpc) is 2.66. The lowest BCUT2D eigenvalue weighted by atomic mass is 10.0. The lowest BCUT2D eigenvalue weighted by molar-refractivity contribution is -0.138. The fraction of sp³-hybridized carbons (Fsp3) is 0.333. The van der Waals surface area contributed by atoms with Crippen LogP contribution in [0.3, 0.4) is 0 Å². The minimum atomic E-state index is -4.73. The summed E-state index contributed by atoms with van der Waals surface area (Å²) in [4.78, 5) is 0. The van der Waals surface area contributed by atoms with E-state index in [1.165, 1.54) is 24.3 Å². The van der Waals surface area contributed by atoms with Gasteiger partial charge in [0.15, 0.2) is 0 Å². The summed E-state index contributed by atoms with van der Waals surface area (Å²) >= 11 is 0. The van der Waals surface area contributed by atoms with Crippen LogP contribution in [0.15, 0.2) is 36.4 Å². The van der Waals surface area contributed by atoms with Crippen LogP contribution < -0.4 is 9.47 Å². The van der Waals surface area contributed by atoms with E-state index in [9.17, 15) is 26.3 Å². The number of hydrogen-bond acceptors (Lipinski definition) is 4. The third kappa shape index (κ3) is 6.29. The average molecular weight is 442 g/mol. The predicted octanol–water partition coefficient (Wildman–Crippen LogP) is 6.09. The zero-order valence-electron chi connectivity index (χ0n) is 16.4. The van der Waals surface area contributed by atoms with Crippen LogP contribution in [0.4, 0.5) is 26.3 Å². The molecule has 0 radical (unpaired) electrons. The van der Waals surface area contributed by atoms with Gasteiger partial charge in [0.05, 0.1) is 41.0 Å². The first kappa shape index (κ1) is 23.9. The number of ether oxygens (including phenoxy) is 2. The molecule has 0 atom stereocenters. The second-order valence-corrected chi connectivity index (χ2v) is 7.09. The summed E-state index contributed by atoms with van der Waals surface area (Å²) in [6.07, 6.45) is -9.34. The zero-order valence-corrected chi connectivity index (χ0v) is 16.4. The highest BCUT2D eigenvalue weighted by atomic mass is 19.4. The summed E-state index contributed by atoms with van der Waals surface area (Å²) in [5.74, 6) is -0.228. The molecule has 0 fully saturated rings. The molecule has 0 bridgehead atoms. The summed E-state index contributed by atoms with van der Waals surface area (Å²) in [7, 11) is 0. The largest absolute Gasteiger partial charge is 0.493 e. The predicted molar refractivity (Wildman–Crippen MR) is 97.1 cm³/mol. The van der Waals surface area contributed by atoms with E-state index < -0.39 is 40.2 Å². The molecule has 0 spiro atoms. The summed E-state index contributed by atoms with van der Waals surface area (Å²) in [5, 5.41) is 17.6. The van der Waals surface area contributed by atoms with E-state index in [0.29, 0.717) is 6.07 Å². The number of halogens is 6. The van der Waals surface area contributed by atoms with Crippen molar-refractivity contribution in [1.82, 2.24) is 0 Å². The molecule has 2 rings (SSSR count). The van der Waals surface area contributed by atoms with Crippen molar-refractivity contribution in [3.8, 4) is 23.6 Å². The van der Waals surface area contributed by atoms with E-state index >= 15 is 0 Å². The van der Waals surface area contributed by atoms with Crippen molar-refractivity contribution in [2.24, 2.45) is 0 Å². The molecule has 0 aliphatic heterocycles. The van der Waals surface area contributed by atoms with Crippen LogP contribution in [0.1, 0.15) is 42.5 Å². The molecule has 31 heavy (non-hydrogen) atoms. The van der Waals surface area contributed by atoms with Gasteiger partial charge in [0, 0.05) is 6.42 Å². The normalized spacial score (nSPS) is 12.1. The minimum Gasteiger partial charge on any atom is -0.493 e. The van der Waals surface area contributed by atoms with Gasteiger partial charge in [-0.05, 0) is 50.2 Å². The van der Waals surface area contributed by atoms with E-state index in [1.807, 2.05) is 0 Å². The molecule has 164 valence electrons. The Morgan fingerprint density at radius 3 is 1.68 bits per heavy atom. The van der Waals surface area contributed by atoms with E-state index in [0.717, 1.165) is 18.2 Å². The monoisotopic (exact) mass is 442 g/mol. The van der Waals surface area contributed by atoms with Crippen LogP contribution in [-0.2, 0) is 12.4 Å². The molecule has 0 unspecified atom stereocenters. The third-order valence-electron chi connectivity index (χ3n) is 4.20. The Balaban J connectivity index is 2.08. The van der Waals surface area contributed by atoms with Crippen molar-refractivity contribution in [3.63, 3.8) is 0 Å². The molecule has 0 heterocycles. The molecule has 0 aromatic heterocycles. The number of nitriles is 2. The van der Waals surface area contributed by atoms with Gasteiger partial charge in [0.2, 0.25) is 0 Å². The Labute approximate surface area is 174 Å². The summed E-state index contributed by atoms with van der Waals surface area (Å²) in [6.45, 7) is 3.04. The maximum absolute atomic E-state index is 13.1. The van der Waals surface area contributed by atoms with Crippen LogP contribution >= 0.6 is 0 Å². The van der Waals surface area contributed by atoms with Gasteiger partial charge >= 0.3 is 12.4 Å². The van der Waals surface area contributed by atoms with Gasteiger partial charge in [-0.2, -0.15) is 36.9 Å². The fourth-order valence-corrected chi connectivity index (χ4v) is 2.65. The number of rotatable bonds is 6.